The monoisotopic (exact) mass is 247 g/mol. The van der Waals surface area contributed by atoms with Gasteiger partial charge >= 0.3 is 5.97 Å². The molecule has 3 heteroatoms. The number of hydrogen-bond donors (Lipinski definition) is 1. The van der Waals surface area contributed by atoms with Gasteiger partial charge in [0, 0.05) is 18.3 Å². The number of carboxylic acids is 1. The maximum atomic E-state index is 11.3. The first kappa shape index (κ1) is 12.9. The maximum absolute atomic E-state index is 11.3. The Balaban J connectivity index is 2.30. The molecule has 0 saturated carbocycles. The van der Waals surface area contributed by atoms with Crippen LogP contribution in [0.5, 0.6) is 0 Å². The molecular weight excluding hydrogens is 226 g/mol. The molecule has 0 saturated heterocycles. The summed E-state index contributed by atoms with van der Waals surface area (Å²) in [6.07, 6.45) is 2.87. The van der Waals surface area contributed by atoms with Gasteiger partial charge in [-0.25, -0.2) is 0 Å². The fourth-order valence-electron chi connectivity index (χ4n) is 2.79. The van der Waals surface area contributed by atoms with Crippen molar-refractivity contribution in [2.75, 3.05) is 11.4 Å². The van der Waals surface area contributed by atoms with E-state index in [1.165, 1.54) is 11.3 Å². The average Bonchev–Trinajstić information content (AvgIpc) is 2.37. The topological polar surface area (TPSA) is 40.5 Å². The zero-order valence-corrected chi connectivity index (χ0v) is 11.1. The van der Waals surface area contributed by atoms with Crippen LogP contribution in [0.4, 0.5) is 5.69 Å². The average molecular weight is 247 g/mol. The van der Waals surface area contributed by atoms with Gasteiger partial charge in [0.15, 0.2) is 0 Å². The van der Waals surface area contributed by atoms with Crippen LogP contribution in [0, 0.1) is 5.92 Å². The number of carboxylic acid groups (broad SMARTS) is 1. The van der Waals surface area contributed by atoms with Crippen LogP contribution in [0.15, 0.2) is 24.3 Å². The van der Waals surface area contributed by atoms with E-state index in [2.05, 4.69) is 30.9 Å². The highest BCUT2D eigenvalue weighted by molar-refractivity contribution is 5.74. The van der Waals surface area contributed by atoms with E-state index in [1.54, 1.807) is 0 Å². The molecule has 0 bridgehead atoms. The van der Waals surface area contributed by atoms with Crippen molar-refractivity contribution >= 4 is 11.7 Å². The van der Waals surface area contributed by atoms with Crippen molar-refractivity contribution in [3.05, 3.63) is 29.8 Å². The third-order valence-electron chi connectivity index (χ3n) is 3.77. The molecule has 98 valence electrons. The van der Waals surface area contributed by atoms with E-state index in [4.69, 9.17) is 0 Å². The Bertz CT molecular complexity index is 430. The number of hydrogen-bond acceptors (Lipinski definition) is 2. The van der Waals surface area contributed by atoms with Gasteiger partial charge < -0.3 is 10.0 Å². The zero-order chi connectivity index (χ0) is 13.1. The van der Waals surface area contributed by atoms with Crippen molar-refractivity contribution < 1.29 is 9.90 Å². The molecule has 0 amide bonds. The van der Waals surface area contributed by atoms with Crippen LogP contribution < -0.4 is 4.90 Å². The van der Waals surface area contributed by atoms with Gasteiger partial charge in [-0.3, -0.25) is 4.79 Å². The van der Waals surface area contributed by atoms with Gasteiger partial charge in [0.2, 0.25) is 0 Å². The quantitative estimate of drug-likeness (QED) is 0.889. The van der Waals surface area contributed by atoms with Gasteiger partial charge in [-0.2, -0.15) is 0 Å². The van der Waals surface area contributed by atoms with Crippen molar-refractivity contribution in [1.29, 1.82) is 0 Å². The van der Waals surface area contributed by atoms with Gasteiger partial charge in [-0.1, -0.05) is 31.5 Å². The van der Waals surface area contributed by atoms with E-state index < -0.39 is 5.97 Å². The predicted molar refractivity (Wildman–Crippen MR) is 73.0 cm³/mol. The Kier molecular flexibility index (Phi) is 3.90. The molecule has 1 aromatic carbocycles. The van der Waals surface area contributed by atoms with Crippen molar-refractivity contribution in [2.45, 2.75) is 39.2 Å². The smallest absolute Gasteiger partial charge is 0.308 e. The van der Waals surface area contributed by atoms with Crippen molar-refractivity contribution in [2.24, 2.45) is 5.92 Å². The second kappa shape index (κ2) is 5.42. The highest BCUT2D eigenvalue weighted by atomic mass is 16.4. The standard InChI is InChI=1S/C15H21NO2/c1-3-6-11(2)16-10-13(15(17)18)9-12-7-4-5-8-14(12)16/h4-5,7-8,11,13H,3,6,9-10H2,1-2H3,(H,17,18). The van der Waals surface area contributed by atoms with Crippen LogP contribution >= 0.6 is 0 Å². The lowest BCUT2D eigenvalue weighted by atomic mass is 9.91. The van der Waals surface area contributed by atoms with E-state index >= 15 is 0 Å². The molecule has 1 aromatic rings. The second-order valence-electron chi connectivity index (χ2n) is 5.16. The molecule has 0 aliphatic carbocycles. The van der Waals surface area contributed by atoms with Crippen molar-refractivity contribution in [3.8, 4) is 0 Å². The van der Waals surface area contributed by atoms with Gasteiger partial charge in [-0.05, 0) is 31.4 Å². The SMILES string of the molecule is CCCC(C)N1CC(C(=O)O)Cc2ccccc21. The first-order valence-electron chi connectivity index (χ1n) is 6.70. The summed E-state index contributed by atoms with van der Waals surface area (Å²) >= 11 is 0. The molecular formula is C15H21NO2. The summed E-state index contributed by atoms with van der Waals surface area (Å²) in [6, 6.07) is 8.59. The van der Waals surface area contributed by atoms with Gasteiger partial charge in [0.1, 0.15) is 0 Å². The minimum Gasteiger partial charge on any atom is -0.481 e. The number of fused-ring (bicyclic) bond motifs is 1. The molecule has 0 fully saturated rings. The number of aliphatic carboxylic acids is 1. The van der Waals surface area contributed by atoms with Crippen LogP contribution in [0.25, 0.3) is 0 Å². The van der Waals surface area contributed by atoms with Gasteiger partial charge in [0.05, 0.1) is 5.92 Å². The Morgan fingerprint density at radius 3 is 2.89 bits per heavy atom. The number of nitrogens with zero attached hydrogens (tertiary/aromatic N) is 1. The molecule has 1 aliphatic heterocycles. The molecule has 2 unspecified atom stereocenters. The Hall–Kier alpha value is -1.51. The van der Waals surface area contributed by atoms with E-state index in [1.807, 2.05) is 12.1 Å². The molecule has 2 rings (SSSR count). The van der Waals surface area contributed by atoms with E-state index in [-0.39, 0.29) is 5.92 Å². The molecule has 1 N–H and O–H groups in total. The van der Waals surface area contributed by atoms with E-state index in [0.717, 1.165) is 12.8 Å². The highest BCUT2D eigenvalue weighted by Gasteiger charge is 2.30. The highest BCUT2D eigenvalue weighted by Crippen LogP contribution is 2.32. The predicted octanol–water partition coefficient (Wildman–Crippen LogP) is 2.94. The van der Waals surface area contributed by atoms with Crippen LogP contribution in [0.2, 0.25) is 0 Å². The molecule has 2 atom stereocenters. The minimum absolute atomic E-state index is 0.279. The third kappa shape index (κ3) is 2.50. The first-order valence-corrected chi connectivity index (χ1v) is 6.70. The largest absolute Gasteiger partial charge is 0.481 e. The fraction of sp³-hybridized carbons (Fsp3) is 0.533. The summed E-state index contributed by atoms with van der Waals surface area (Å²) in [7, 11) is 0. The molecule has 1 heterocycles. The van der Waals surface area contributed by atoms with Crippen LogP contribution in [0.1, 0.15) is 32.3 Å². The maximum Gasteiger partial charge on any atom is 0.308 e. The number of para-hydroxylation sites is 1. The number of rotatable bonds is 4. The molecule has 3 nitrogen and oxygen atoms in total. The Morgan fingerprint density at radius 1 is 1.50 bits per heavy atom. The summed E-state index contributed by atoms with van der Waals surface area (Å²) in [4.78, 5) is 13.5. The zero-order valence-electron chi connectivity index (χ0n) is 11.1. The summed E-state index contributed by atoms with van der Waals surface area (Å²) in [5, 5.41) is 9.27. The number of anilines is 1. The summed E-state index contributed by atoms with van der Waals surface area (Å²) in [5.74, 6) is -0.961. The van der Waals surface area contributed by atoms with Crippen LogP contribution in [-0.4, -0.2) is 23.7 Å². The third-order valence-corrected chi connectivity index (χ3v) is 3.77. The summed E-state index contributed by atoms with van der Waals surface area (Å²) in [6.45, 7) is 4.99. The van der Waals surface area contributed by atoms with Gasteiger partial charge in [0.25, 0.3) is 0 Å². The minimum atomic E-state index is -0.682. The summed E-state index contributed by atoms with van der Waals surface area (Å²) < 4.78 is 0. The molecule has 0 aromatic heterocycles. The lowest BCUT2D eigenvalue weighted by Crippen LogP contribution is -2.43. The molecule has 0 radical (unpaired) electrons. The molecule has 0 spiro atoms. The second-order valence-corrected chi connectivity index (χ2v) is 5.16. The summed E-state index contributed by atoms with van der Waals surface area (Å²) in [5.41, 5.74) is 2.38. The van der Waals surface area contributed by atoms with E-state index in [0.29, 0.717) is 19.0 Å². The van der Waals surface area contributed by atoms with Crippen molar-refractivity contribution in [3.63, 3.8) is 0 Å². The van der Waals surface area contributed by atoms with Crippen LogP contribution in [0.3, 0.4) is 0 Å². The lowest BCUT2D eigenvalue weighted by Gasteiger charge is -2.38. The Labute approximate surface area is 108 Å². The molecule has 18 heavy (non-hydrogen) atoms. The first-order chi connectivity index (χ1) is 8.63. The fourth-order valence-corrected chi connectivity index (χ4v) is 2.79. The van der Waals surface area contributed by atoms with Crippen LogP contribution in [-0.2, 0) is 11.2 Å². The number of benzene rings is 1. The lowest BCUT2D eigenvalue weighted by molar-refractivity contribution is -0.141. The number of carbonyl (C=O) groups is 1. The normalized spacial score (nSPS) is 20.3. The molecule has 1 aliphatic rings. The van der Waals surface area contributed by atoms with Gasteiger partial charge in [-0.15, -0.1) is 0 Å². The van der Waals surface area contributed by atoms with E-state index in [9.17, 15) is 9.90 Å². The Morgan fingerprint density at radius 2 is 2.22 bits per heavy atom. The van der Waals surface area contributed by atoms with Crippen molar-refractivity contribution in [1.82, 2.24) is 0 Å².